The third kappa shape index (κ3) is 7.18. The summed E-state index contributed by atoms with van der Waals surface area (Å²) in [5, 5.41) is 8.97. The van der Waals surface area contributed by atoms with Crippen molar-refractivity contribution >= 4 is 5.97 Å². The van der Waals surface area contributed by atoms with Gasteiger partial charge in [-0.25, -0.2) is 0 Å². The van der Waals surface area contributed by atoms with Crippen LogP contribution >= 0.6 is 0 Å². The molecule has 0 bridgehead atoms. The highest BCUT2D eigenvalue weighted by Gasteiger charge is 2.07. The van der Waals surface area contributed by atoms with Crippen LogP contribution in [0.3, 0.4) is 0 Å². The van der Waals surface area contributed by atoms with Crippen molar-refractivity contribution in [1.29, 1.82) is 0 Å². The molecular weight excluding hydrogens is 304 g/mol. The van der Waals surface area contributed by atoms with E-state index in [0.717, 1.165) is 12.8 Å². The zero-order valence-electron chi connectivity index (χ0n) is 14.6. The van der Waals surface area contributed by atoms with E-state index in [1.54, 1.807) is 18.2 Å². The minimum Gasteiger partial charge on any atom is -0.493 e. The van der Waals surface area contributed by atoms with Crippen LogP contribution in [0.15, 0.2) is 48.5 Å². The Morgan fingerprint density at radius 3 is 2.29 bits per heavy atom. The minimum absolute atomic E-state index is 0.0594. The SMILES string of the molecule is CC.CCCCOc1cc(CC(=O)O)cc(Oc2ccccc2)c1. The molecule has 0 saturated heterocycles. The fourth-order valence-corrected chi connectivity index (χ4v) is 2.01. The third-order valence-corrected chi connectivity index (χ3v) is 3.04. The maximum Gasteiger partial charge on any atom is 0.307 e. The van der Waals surface area contributed by atoms with E-state index in [1.165, 1.54) is 0 Å². The first kappa shape index (κ1) is 19.6. The minimum atomic E-state index is -0.878. The Morgan fingerprint density at radius 1 is 1.00 bits per heavy atom. The highest BCUT2D eigenvalue weighted by atomic mass is 16.5. The molecule has 0 amide bonds. The first-order valence-corrected chi connectivity index (χ1v) is 8.39. The number of benzene rings is 2. The van der Waals surface area contributed by atoms with Crippen LogP contribution in [-0.2, 0) is 11.2 Å². The summed E-state index contributed by atoms with van der Waals surface area (Å²) >= 11 is 0. The standard InChI is InChI=1S/C18H20O4.C2H6/c1-2-3-9-21-16-10-14(12-18(19)20)11-17(13-16)22-15-7-5-4-6-8-15;1-2/h4-8,10-11,13H,2-3,9,12H2,1H3,(H,19,20);1-2H3. The first-order valence-electron chi connectivity index (χ1n) is 8.39. The largest absolute Gasteiger partial charge is 0.493 e. The van der Waals surface area contributed by atoms with Crippen LogP contribution in [0.4, 0.5) is 0 Å². The molecule has 0 aliphatic rings. The Labute approximate surface area is 144 Å². The lowest BCUT2D eigenvalue weighted by atomic mass is 10.1. The fraction of sp³-hybridized carbons (Fsp3) is 0.350. The van der Waals surface area contributed by atoms with Gasteiger partial charge in [0, 0.05) is 6.07 Å². The van der Waals surface area contributed by atoms with Crippen molar-refractivity contribution in [3.8, 4) is 17.2 Å². The predicted molar refractivity (Wildman–Crippen MR) is 96.0 cm³/mol. The molecular formula is C20H26O4. The number of unbranched alkanes of at least 4 members (excludes halogenated alkanes) is 1. The monoisotopic (exact) mass is 330 g/mol. The van der Waals surface area contributed by atoms with Crippen molar-refractivity contribution in [3.05, 3.63) is 54.1 Å². The Morgan fingerprint density at radius 2 is 1.67 bits per heavy atom. The lowest BCUT2D eigenvalue weighted by molar-refractivity contribution is -0.136. The van der Waals surface area contributed by atoms with E-state index < -0.39 is 5.97 Å². The van der Waals surface area contributed by atoms with Crippen LogP contribution in [0, 0.1) is 0 Å². The zero-order chi connectivity index (χ0) is 17.8. The van der Waals surface area contributed by atoms with Gasteiger partial charge in [0.05, 0.1) is 13.0 Å². The number of carboxylic acid groups (broad SMARTS) is 1. The quantitative estimate of drug-likeness (QED) is 0.666. The van der Waals surface area contributed by atoms with Gasteiger partial charge in [-0.2, -0.15) is 0 Å². The second kappa shape index (κ2) is 11.1. The Bertz CT molecular complexity index is 608. The Kier molecular flexibility index (Phi) is 9.05. The summed E-state index contributed by atoms with van der Waals surface area (Å²) in [6, 6.07) is 14.6. The van der Waals surface area contributed by atoms with Gasteiger partial charge in [0.25, 0.3) is 0 Å². The molecule has 2 aromatic carbocycles. The second-order valence-electron chi connectivity index (χ2n) is 5.00. The Hall–Kier alpha value is -2.49. The van der Waals surface area contributed by atoms with Gasteiger partial charge in [0.1, 0.15) is 17.2 Å². The van der Waals surface area contributed by atoms with Crippen LogP contribution in [0.25, 0.3) is 0 Å². The van der Waals surface area contributed by atoms with Crippen molar-refractivity contribution in [2.45, 2.75) is 40.0 Å². The van der Waals surface area contributed by atoms with Crippen LogP contribution in [0.5, 0.6) is 17.2 Å². The fourth-order valence-electron chi connectivity index (χ4n) is 2.01. The summed E-state index contributed by atoms with van der Waals surface area (Å²) in [6.45, 7) is 6.70. The molecule has 0 radical (unpaired) electrons. The average molecular weight is 330 g/mol. The number of hydrogen-bond acceptors (Lipinski definition) is 3. The van der Waals surface area contributed by atoms with Gasteiger partial charge in [-0.1, -0.05) is 45.4 Å². The Balaban J connectivity index is 0.00000139. The van der Waals surface area contributed by atoms with E-state index in [9.17, 15) is 4.79 Å². The van der Waals surface area contributed by atoms with E-state index >= 15 is 0 Å². The second-order valence-corrected chi connectivity index (χ2v) is 5.00. The molecule has 0 aromatic heterocycles. The summed E-state index contributed by atoms with van der Waals surface area (Å²) in [5.41, 5.74) is 0.660. The summed E-state index contributed by atoms with van der Waals surface area (Å²) in [6.07, 6.45) is 1.94. The van der Waals surface area contributed by atoms with Crippen LogP contribution in [0.1, 0.15) is 39.2 Å². The number of para-hydroxylation sites is 1. The van der Waals surface area contributed by atoms with E-state index in [-0.39, 0.29) is 6.42 Å². The summed E-state index contributed by atoms with van der Waals surface area (Å²) in [4.78, 5) is 10.9. The van der Waals surface area contributed by atoms with Gasteiger partial charge in [0.15, 0.2) is 0 Å². The van der Waals surface area contributed by atoms with Gasteiger partial charge in [-0.05, 0) is 36.2 Å². The van der Waals surface area contributed by atoms with Crippen molar-refractivity contribution in [3.63, 3.8) is 0 Å². The normalized spacial score (nSPS) is 9.62. The molecule has 0 heterocycles. The average Bonchev–Trinajstić information content (AvgIpc) is 2.57. The highest BCUT2D eigenvalue weighted by Crippen LogP contribution is 2.28. The predicted octanol–water partition coefficient (Wildman–Crippen LogP) is 5.31. The summed E-state index contributed by atoms with van der Waals surface area (Å²) < 4.78 is 11.4. The molecule has 4 nitrogen and oxygen atoms in total. The maximum atomic E-state index is 10.9. The number of aliphatic carboxylic acids is 1. The van der Waals surface area contributed by atoms with Crippen LogP contribution in [-0.4, -0.2) is 17.7 Å². The molecule has 1 N–H and O–H groups in total. The molecule has 0 fully saturated rings. The number of rotatable bonds is 8. The highest BCUT2D eigenvalue weighted by molar-refractivity contribution is 5.70. The number of carbonyl (C=O) groups is 1. The summed E-state index contributed by atoms with van der Waals surface area (Å²) in [7, 11) is 0. The lowest BCUT2D eigenvalue weighted by Gasteiger charge is -2.11. The molecule has 130 valence electrons. The van der Waals surface area contributed by atoms with E-state index in [0.29, 0.717) is 29.4 Å². The zero-order valence-corrected chi connectivity index (χ0v) is 14.6. The van der Waals surface area contributed by atoms with E-state index in [4.69, 9.17) is 14.6 Å². The molecule has 4 heteroatoms. The topological polar surface area (TPSA) is 55.8 Å². The van der Waals surface area contributed by atoms with Crippen LogP contribution in [0.2, 0.25) is 0 Å². The van der Waals surface area contributed by atoms with Crippen molar-refractivity contribution in [2.24, 2.45) is 0 Å². The molecule has 2 rings (SSSR count). The molecule has 0 saturated carbocycles. The van der Waals surface area contributed by atoms with Gasteiger partial charge >= 0.3 is 5.97 Å². The van der Waals surface area contributed by atoms with E-state index in [1.807, 2.05) is 44.2 Å². The molecule has 0 aliphatic carbocycles. The number of hydrogen-bond donors (Lipinski definition) is 1. The smallest absolute Gasteiger partial charge is 0.307 e. The molecule has 0 aliphatic heterocycles. The molecule has 0 unspecified atom stereocenters. The molecule has 0 spiro atoms. The van der Waals surface area contributed by atoms with Gasteiger partial charge in [0.2, 0.25) is 0 Å². The maximum absolute atomic E-state index is 10.9. The van der Waals surface area contributed by atoms with E-state index in [2.05, 4.69) is 6.92 Å². The molecule has 2 aromatic rings. The lowest BCUT2D eigenvalue weighted by Crippen LogP contribution is -2.02. The molecule has 24 heavy (non-hydrogen) atoms. The first-order chi connectivity index (χ1) is 11.7. The third-order valence-electron chi connectivity index (χ3n) is 3.04. The van der Waals surface area contributed by atoms with Gasteiger partial charge in [-0.15, -0.1) is 0 Å². The van der Waals surface area contributed by atoms with Crippen LogP contribution < -0.4 is 9.47 Å². The van der Waals surface area contributed by atoms with Crippen molar-refractivity contribution in [2.75, 3.05) is 6.61 Å². The van der Waals surface area contributed by atoms with Gasteiger partial charge < -0.3 is 14.6 Å². The van der Waals surface area contributed by atoms with Crippen molar-refractivity contribution in [1.82, 2.24) is 0 Å². The van der Waals surface area contributed by atoms with Gasteiger partial charge in [-0.3, -0.25) is 4.79 Å². The molecule has 0 atom stereocenters. The number of ether oxygens (including phenoxy) is 2. The number of carboxylic acids is 1. The van der Waals surface area contributed by atoms with Crippen molar-refractivity contribution < 1.29 is 19.4 Å². The summed E-state index contributed by atoms with van der Waals surface area (Å²) in [5.74, 6) is 1.04.